The molecular weight excluding hydrogens is 462 g/mol. The average molecular weight is 488 g/mol. The van der Waals surface area contributed by atoms with Gasteiger partial charge in [0.2, 0.25) is 17.5 Å². The average Bonchev–Trinajstić information content (AvgIpc) is 3.58. The summed E-state index contributed by atoms with van der Waals surface area (Å²) < 4.78 is 7.15. The van der Waals surface area contributed by atoms with Crippen LogP contribution in [0.25, 0.3) is 16.9 Å². The number of aromatic amines is 1. The lowest BCUT2D eigenvalue weighted by atomic mass is 10.0. The Balaban J connectivity index is 1.21. The van der Waals surface area contributed by atoms with Crippen molar-refractivity contribution in [2.75, 3.05) is 30.8 Å². The van der Waals surface area contributed by atoms with Crippen molar-refractivity contribution in [1.82, 2.24) is 34.7 Å². The highest BCUT2D eigenvalue weighted by Crippen LogP contribution is 2.30. The van der Waals surface area contributed by atoms with Crippen LogP contribution in [0, 0.1) is 0 Å². The lowest BCUT2D eigenvalue weighted by molar-refractivity contribution is -0.111. The van der Waals surface area contributed by atoms with Crippen LogP contribution in [0.1, 0.15) is 23.2 Å². The molecule has 0 radical (unpaired) electrons. The third-order valence-electron chi connectivity index (χ3n) is 6.02. The molecule has 3 N–H and O–H groups in total. The summed E-state index contributed by atoms with van der Waals surface area (Å²) in [5.74, 6) is 0.650. The molecule has 1 aliphatic rings. The number of carbonyl (C=O) groups excluding carboxylic acids is 2. The second-order valence-electron chi connectivity index (χ2n) is 8.30. The molecule has 4 heterocycles. The normalized spacial score (nSPS) is 14.0. The fraction of sp³-hybridized carbons (Fsp3) is 0.250. The molecule has 4 aromatic rings. The molecule has 1 saturated heterocycles. The SMILES string of the molecule is C=CC(=O)Nc1ccc(C(=O)N2CCC(Nc3nc4c(OC)c(-c5cn[nH]c5)ncn4n3)CC2)cc1. The monoisotopic (exact) mass is 487 g/mol. The minimum atomic E-state index is -0.295. The van der Waals surface area contributed by atoms with Crippen LogP contribution < -0.4 is 15.4 Å². The summed E-state index contributed by atoms with van der Waals surface area (Å²) in [6.45, 7) is 4.64. The Bertz CT molecular complexity index is 1390. The standard InChI is InChI=1S/C24H25N9O3/c1-3-19(34)28-17-6-4-15(5-7-17)23(35)32-10-8-18(9-11-32)29-24-30-22-21(36-2)20(16-12-26-27-13-16)25-14-33(22)31-24/h3-7,12-14,18H,1,8-11H2,2H3,(H,26,27)(H,28,34)(H,29,31). The number of ether oxygens (including phenoxy) is 1. The first kappa shape index (κ1) is 23.0. The minimum absolute atomic E-state index is 0.0384. The van der Waals surface area contributed by atoms with E-state index in [1.165, 1.54) is 6.08 Å². The zero-order valence-electron chi connectivity index (χ0n) is 19.6. The summed E-state index contributed by atoms with van der Waals surface area (Å²) in [4.78, 5) is 35.2. The lowest BCUT2D eigenvalue weighted by Crippen LogP contribution is -2.42. The molecule has 0 aliphatic carbocycles. The number of anilines is 2. The second kappa shape index (κ2) is 9.86. The number of fused-ring (bicyclic) bond motifs is 1. The van der Waals surface area contributed by atoms with E-state index in [0.29, 0.717) is 47.4 Å². The van der Waals surface area contributed by atoms with Crippen LogP contribution in [-0.2, 0) is 4.79 Å². The van der Waals surface area contributed by atoms with Crippen molar-refractivity contribution >= 4 is 29.1 Å². The van der Waals surface area contributed by atoms with Gasteiger partial charge in [-0.25, -0.2) is 4.98 Å². The van der Waals surface area contributed by atoms with E-state index >= 15 is 0 Å². The Morgan fingerprint density at radius 1 is 1.22 bits per heavy atom. The number of H-pyrrole nitrogens is 1. The van der Waals surface area contributed by atoms with Gasteiger partial charge in [0, 0.05) is 42.1 Å². The van der Waals surface area contributed by atoms with E-state index in [0.717, 1.165) is 18.4 Å². The quantitative estimate of drug-likeness (QED) is 0.337. The Labute approximate surface area is 206 Å². The van der Waals surface area contributed by atoms with Gasteiger partial charge in [-0.2, -0.15) is 14.6 Å². The summed E-state index contributed by atoms with van der Waals surface area (Å²) in [6, 6.07) is 6.96. The van der Waals surface area contributed by atoms with Gasteiger partial charge in [-0.15, -0.1) is 5.10 Å². The molecule has 3 aromatic heterocycles. The van der Waals surface area contributed by atoms with E-state index in [-0.39, 0.29) is 17.9 Å². The highest BCUT2D eigenvalue weighted by Gasteiger charge is 2.25. The molecule has 0 bridgehead atoms. The number of hydrogen-bond acceptors (Lipinski definition) is 8. The zero-order chi connectivity index (χ0) is 25.1. The van der Waals surface area contributed by atoms with Crippen molar-refractivity contribution in [1.29, 1.82) is 0 Å². The highest BCUT2D eigenvalue weighted by molar-refractivity contribution is 5.99. The van der Waals surface area contributed by atoms with Gasteiger partial charge in [-0.3, -0.25) is 14.7 Å². The Hall–Kier alpha value is -4.74. The van der Waals surface area contributed by atoms with Gasteiger partial charge in [0.25, 0.3) is 5.91 Å². The first-order valence-electron chi connectivity index (χ1n) is 11.4. The number of nitrogens with one attached hydrogen (secondary N) is 3. The van der Waals surface area contributed by atoms with Crippen LogP contribution in [0.4, 0.5) is 11.6 Å². The molecule has 5 rings (SSSR count). The number of aromatic nitrogens is 6. The van der Waals surface area contributed by atoms with E-state index < -0.39 is 0 Å². The molecule has 2 amide bonds. The van der Waals surface area contributed by atoms with Gasteiger partial charge in [0.15, 0.2) is 5.75 Å². The molecule has 36 heavy (non-hydrogen) atoms. The fourth-order valence-electron chi connectivity index (χ4n) is 4.15. The van der Waals surface area contributed by atoms with Gasteiger partial charge < -0.3 is 20.3 Å². The van der Waals surface area contributed by atoms with Gasteiger partial charge >= 0.3 is 0 Å². The number of methoxy groups -OCH3 is 1. The lowest BCUT2D eigenvalue weighted by Gasteiger charge is -2.32. The summed E-state index contributed by atoms with van der Waals surface area (Å²) in [5.41, 5.74) is 3.16. The van der Waals surface area contributed by atoms with Crippen LogP contribution in [0.3, 0.4) is 0 Å². The highest BCUT2D eigenvalue weighted by atomic mass is 16.5. The van der Waals surface area contributed by atoms with Crippen LogP contribution in [0.2, 0.25) is 0 Å². The first-order valence-corrected chi connectivity index (χ1v) is 11.4. The summed E-state index contributed by atoms with van der Waals surface area (Å²) >= 11 is 0. The van der Waals surface area contributed by atoms with Gasteiger partial charge in [-0.05, 0) is 43.2 Å². The summed E-state index contributed by atoms with van der Waals surface area (Å²) in [5, 5.41) is 17.3. The third kappa shape index (κ3) is 4.60. The van der Waals surface area contributed by atoms with Crippen molar-refractivity contribution in [2.24, 2.45) is 0 Å². The van der Waals surface area contributed by atoms with E-state index in [1.807, 2.05) is 4.90 Å². The van der Waals surface area contributed by atoms with E-state index in [4.69, 9.17) is 4.74 Å². The second-order valence-corrected chi connectivity index (χ2v) is 8.30. The number of hydrogen-bond donors (Lipinski definition) is 3. The molecule has 1 aliphatic heterocycles. The molecule has 0 atom stereocenters. The number of amides is 2. The number of rotatable bonds is 7. The van der Waals surface area contributed by atoms with E-state index in [1.54, 1.807) is 54.6 Å². The number of carbonyl (C=O) groups is 2. The van der Waals surface area contributed by atoms with Crippen LogP contribution in [-0.4, -0.2) is 72.7 Å². The molecule has 184 valence electrons. The molecule has 1 aromatic carbocycles. The van der Waals surface area contributed by atoms with Crippen LogP contribution in [0.15, 0.2) is 55.6 Å². The fourth-order valence-corrected chi connectivity index (χ4v) is 4.15. The van der Waals surface area contributed by atoms with Crippen molar-refractivity contribution in [3.8, 4) is 17.0 Å². The number of benzene rings is 1. The summed E-state index contributed by atoms with van der Waals surface area (Å²) in [7, 11) is 1.57. The number of piperidine rings is 1. The topological polar surface area (TPSA) is 142 Å². The van der Waals surface area contributed by atoms with Crippen molar-refractivity contribution < 1.29 is 14.3 Å². The van der Waals surface area contributed by atoms with Gasteiger partial charge in [0.1, 0.15) is 12.0 Å². The van der Waals surface area contributed by atoms with E-state index in [2.05, 4.69) is 42.5 Å². The van der Waals surface area contributed by atoms with Gasteiger partial charge in [0.05, 0.1) is 13.3 Å². The molecule has 0 unspecified atom stereocenters. The summed E-state index contributed by atoms with van der Waals surface area (Å²) in [6.07, 6.45) is 7.70. The molecule has 12 heteroatoms. The zero-order valence-corrected chi connectivity index (χ0v) is 19.6. The maximum atomic E-state index is 12.9. The molecular formula is C24H25N9O3. The first-order chi connectivity index (χ1) is 17.6. The third-order valence-corrected chi connectivity index (χ3v) is 6.02. The van der Waals surface area contributed by atoms with Crippen LogP contribution >= 0.6 is 0 Å². The molecule has 1 fully saturated rings. The van der Waals surface area contributed by atoms with Crippen molar-refractivity contribution in [2.45, 2.75) is 18.9 Å². The predicted octanol–water partition coefficient (Wildman–Crippen LogP) is 2.36. The van der Waals surface area contributed by atoms with Gasteiger partial charge in [-0.1, -0.05) is 6.58 Å². The van der Waals surface area contributed by atoms with Crippen molar-refractivity contribution in [3.05, 3.63) is 61.2 Å². The van der Waals surface area contributed by atoms with Crippen LogP contribution in [0.5, 0.6) is 5.75 Å². The molecule has 0 spiro atoms. The smallest absolute Gasteiger partial charge is 0.253 e. The molecule has 12 nitrogen and oxygen atoms in total. The molecule has 0 saturated carbocycles. The maximum Gasteiger partial charge on any atom is 0.253 e. The predicted molar refractivity (Wildman–Crippen MR) is 133 cm³/mol. The number of likely N-dealkylation sites (tertiary alicyclic amines) is 1. The largest absolute Gasteiger partial charge is 0.491 e. The minimum Gasteiger partial charge on any atom is -0.491 e. The van der Waals surface area contributed by atoms with E-state index in [9.17, 15) is 9.59 Å². The maximum absolute atomic E-state index is 12.9. The van der Waals surface area contributed by atoms with Crippen molar-refractivity contribution in [3.63, 3.8) is 0 Å². The Kier molecular flexibility index (Phi) is 6.31. The Morgan fingerprint density at radius 2 is 2.00 bits per heavy atom. The number of nitrogens with zero attached hydrogens (tertiary/aromatic N) is 6. The Morgan fingerprint density at radius 3 is 2.67 bits per heavy atom.